The summed E-state index contributed by atoms with van der Waals surface area (Å²) in [6, 6.07) is 0.890. The molecule has 72 valence electrons. The molecule has 0 unspecified atom stereocenters. The molecule has 1 aromatic rings. The average Bonchev–Trinajstić information content (AvgIpc) is 2.08. The molecule has 6 heteroatoms. The van der Waals surface area contributed by atoms with Crippen LogP contribution in [0.15, 0.2) is 10.9 Å². The monoisotopic (exact) mass is 191 g/mol. The van der Waals surface area contributed by atoms with Crippen molar-refractivity contribution >= 4 is 0 Å². The fourth-order valence-corrected chi connectivity index (χ4v) is 0.862. The first kappa shape index (κ1) is 9.50. The van der Waals surface area contributed by atoms with Gasteiger partial charge in [0.2, 0.25) is 0 Å². The van der Waals surface area contributed by atoms with Crippen LogP contribution in [0.25, 0.3) is 0 Å². The molecule has 0 aliphatic carbocycles. The minimum atomic E-state index is -2.94. The van der Waals surface area contributed by atoms with Crippen LogP contribution in [0.5, 0.6) is 11.5 Å². The fraction of sp³-hybridized carbons (Fsp3) is 0.286. The van der Waals surface area contributed by atoms with Crippen LogP contribution in [0.1, 0.15) is 12.1 Å². The Morgan fingerprint density at radius 2 is 2.23 bits per heavy atom. The van der Waals surface area contributed by atoms with Crippen molar-refractivity contribution in [3.8, 4) is 11.5 Å². The molecule has 0 radical (unpaired) electrons. The van der Waals surface area contributed by atoms with Crippen LogP contribution >= 0.6 is 0 Å². The SMILES string of the molecule is COc1cc(=O)[nH]c(C(F)F)c1O. The van der Waals surface area contributed by atoms with E-state index in [2.05, 4.69) is 4.74 Å². The molecular formula is C7H7F2NO3. The highest BCUT2D eigenvalue weighted by Crippen LogP contribution is 2.32. The molecule has 0 bridgehead atoms. The number of rotatable bonds is 2. The molecule has 2 N–H and O–H groups in total. The zero-order valence-corrected chi connectivity index (χ0v) is 6.67. The zero-order valence-electron chi connectivity index (χ0n) is 6.67. The molecule has 0 amide bonds. The van der Waals surface area contributed by atoms with E-state index in [0.29, 0.717) is 0 Å². The number of pyridine rings is 1. The average molecular weight is 191 g/mol. The van der Waals surface area contributed by atoms with Gasteiger partial charge in [-0.3, -0.25) is 4.79 Å². The number of hydrogen-bond acceptors (Lipinski definition) is 3. The van der Waals surface area contributed by atoms with Crippen molar-refractivity contribution in [2.45, 2.75) is 6.43 Å². The maximum atomic E-state index is 12.1. The minimum absolute atomic E-state index is 0.265. The Labute approximate surface area is 71.8 Å². The highest BCUT2D eigenvalue weighted by atomic mass is 19.3. The van der Waals surface area contributed by atoms with E-state index >= 15 is 0 Å². The fourth-order valence-electron chi connectivity index (χ4n) is 0.862. The van der Waals surface area contributed by atoms with E-state index in [4.69, 9.17) is 5.11 Å². The van der Waals surface area contributed by atoms with Gasteiger partial charge < -0.3 is 14.8 Å². The van der Waals surface area contributed by atoms with Gasteiger partial charge >= 0.3 is 0 Å². The summed E-state index contributed by atoms with van der Waals surface area (Å²) >= 11 is 0. The van der Waals surface area contributed by atoms with Crippen LogP contribution in [0.3, 0.4) is 0 Å². The summed E-state index contributed by atoms with van der Waals surface area (Å²) in [5.74, 6) is -1.00. The first-order valence-corrected chi connectivity index (χ1v) is 3.34. The summed E-state index contributed by atoms with van der Waals surface area (Å²) < 4.78 is 28.8. The maximum absolute atomic E-state index is 12.1. The van der Waals surface area contributed by atoms with Crippen molar-refractivity contribution in [2.75, 3.05) is 7.11 Å². The van der Waals surface area contributed by atoms with E-state index in [9.17, 15) is 13.6 Å². The van der Waals surface area contributed by atoms with Crippen LogP contribution in [-0.4, -0.2) is 17.2 Å². The van der Waals surface area contributed by atoms with Crippen LogP contribution in [0, 0.1) is 0 Å². The molecule has 0 aliphatic heterocycles. The van der Waals surface area contributed by atoms with E-state index in [0.717, 1.165) is 6.07 Å². The number of ether oxygens (including phenoxy) is 1. The lowest BCUT2D eigenvalue weighted by Gasteiger charge is -2.06. The summed E-state index contributed by atoms with van der Waals surface area (Å²) in [4.78, 5) is 12.6. The van der Waals surface area contributed by atoms with Gasteiger partial charge in [-0.1, -0.05) is 0 Å². The van der Waals surface area contributed by atoms with Crippen LogP contribution in [0.4, 0.5) is 8.78 Å². The van der Waals surface area contributed by atoms with Crippen LogP contribution < -0.4 is 10.3 Å². The lowest BCUT2D eigenvalue weighted by atomic mass is 10.3. The van der Waals surface area contributed by atoms with Gasteiger partial charge in [0.15, 0.2) is 11.5 Å². The molecule has 0 spiro atoms. The minimum Gasteiger partial charge on any atom is -0.503 e. The van der Waals surface area contributed by atoms with Gasteiger partial charge in [0.25, 0.3) is 12.0 Å². The Bertz CT molecular complexity index is 361. The number of aromatic amines is 1. The lowest BCUT2D eigenvalue weighted by molar-refractivity contribution is 0.140. The molecule has 0 atom stereocenters. The normalized spacial score (nSPS) is 10.5. The van der Waals surface area contributed by atoms with E-state index in [-0.39, 0.29) is 5.75 Å². The molecule has 0 saturated carbocycles. The van der Waals surface area contributed by atoms with Gasteiger partial charge in [-0.05, 0) is 0 Å². The molecular weight excluding hydrogens is 184 g/mol. The van der Waals surface area contributed by atoms with Gasteiger partial charge in [-0.2, -0.15) is 0 Å². The second kappa shape index (κ2) is 3.42. The maximum Gasteiger partial charge on any atom is 0.282 e. The molecule has 0 aliphatic rings. The highest BCUT2D eigenvalue weighted by molar-refractivity contribution is 5.41. The van der Waals surface area contributed by atoms with Gasteiger partial charge in [0, 0.05) is 6.07 Å². The third-order valence-corrected chi connectivity index (χ3v) is 1.45. The van der Waals surface area contributed by atoms with E-state index in [1.807, 2.05) is 4.98 Å². The molecule has 0 fully saturated rings. The van der Waals surface area contributed by atoms with Crippen molar-refractivity contribution in [2.24, 2.45) is 0 Å². The van der Waals surface area contributed by atoms with Crippen molar-refractivity contribution in [1.82, 2.24) is 4.98 Å². The lowest BCUT2D eigenvalue weighted by Crippen LogP contribution is -2.09. The van der Waals surface area contributed by atoms with Gasteiger partial charge in [0.05, 0.1) is 7.11 Å². The number of hydrogen-bond donors (Lipinski definition) is 2. The summed E-state index contributed by atoms with van der Waals surface area (Å²) in [7, 11) is 1.17. The zero-order chi connectivity index (χ0) is 10.0. The third kappa shape index (κ3) is 1.77. The smallest absolute Gasteiger partial charge is 0.282 e. The number of alkyl halides is 2. The Kier molecular flexibility index (Phi) is 2.50. The summed E-state index contributed by atoms with van der Waals surface area (Å²) in [5, 5.41) is 9.11. The topological polar surface area (TPSA) is 62.3 Å². The third-order valence-electron chi connectivity index (χ3n) is 1.45. The van der Waals surface area contributed by atoms with Gasteiger partial charge in [0.1, 0.15) is 5.69 Å². The molecule has 4 nitrogen and oxygen atoms in total. The molecule has 0 saturated heterocycles. The Morgan fingerprint density at radius 1 is 1.62 bits per heavy atom. The molecule has 1 rings (SSSR count). The Hall–Kier alpha value is -1.59. The van der Waals surface area contributed by atoms with E-state index in [1.54, 1.807) is 0 Å². The van der Waals surface area contributed by atoms with E-state index in [1.165, 1.54) is 7.11 Å². The van der Waals surface area contributed by atoms with Crippen LogP contribution in [0.2, 0.25) is 0 Å². The second-order valence-corrected chi connectivity index (χ2v) is 2.26. The molecule has 0 aromatic carbocycles. The predicted octanol–water partition coefficient (Wildman–Crippen LogP) is 1.03. The largest absolute Gasteiger partial charge is 0.503 e. The van der Waals surface area contributed by atoms with Crippen molar-refractivity contribution in [3.05, 3.63) is 22.1 Å². The first-order chi connectivity index (χ1) is 6.06. The molecule has 13 heavy (non-hydrogen) atoms. The highest BCUT2D eigenvalue weighted by Gasteiger charge is 2.17. The van der Waals surface area contributed by atoms with Crippen molar-refractivity contribution in [1.29, 1.82) is 0 Å². The number of H-pyrrole nitrogens is 1. The van der Waals surface area contributed by atoms with Gasteiger partial charge in [-0.25, -0.2) is 8.78 Å². The second-order valence-electron chi connectivity index (χ2n) is 2.26. The first-order valence-electron chi connectivity index (χ1n) is 3.34. The molecule has 1 heterocycles. The van der Waals surface area contributed by atoms with Crippen molar-refractivity contribution in [3.63, 3.8) is 0 Å². The van der Waals surface area contributed by atoms with Crippen molar-refractivity contribution < 1.29 is 18.6 Å². The Morgan fingerprint density at radius 3 is 2.69 bits per heavy atom. The standard InChI is InChI=1S/C7H7F2NO3/c1-13-3-2-4(11)10-5(6(3)12)7(8)9/h2,7,12H,1H3,(H,10,11). The summed E-state index contributed by atoms with van der Waals surface area (Å²) in [6.07, 6.45) is -2.94. The number of nitrogens with one attached hydrogen (secondary N) is 1. The number of methoxy groups -OCH3 is 1. The number of halogens is 2. The number of aromatic nitrogens is 1. The summed E-state index contributed by atoms with van der Waals surface area (Å²) in [6.45, 7) is 0. The predicted molar refractivity (Wildman–Crippen MR) is 40.2 cm³/mol. The molecule has 1 aromatic heterocycles. The van der Waals surface area contributed by atoms with E-state index < -0.39 is 23.4 Å². The quantitative estimate of drug-likeness (QED) is 0.733. The summed E-state index contributed by atoms with van der Waals surface area (Å²) in [5.41, 5.74) is -1.57. The van der Waals surface area contributed by atoms with Gasteiger partial charge in [-0.15, -0.1) is 0 Å². The number of aromatic hydroxyl groups is 1. The van der Waals surface area contributed by atoms with Crippen LogP contribution in [-0.2, 0) is 0 Å². The Balaban J connectivity index is 3.36.